The van der Waals surface area contributed by atoms with Crippen LogP contribution in [-0.2, 0) is 9.59 Å². The highest BCUT2D eigenvalue weighted by molar-refractivity contribution is 5.96. The number of ether oxygens (including phenoxy) is 1. The van der Waals surface area contributed by atoms with Crippen molar-refractivity contribution in [3.8, 4) is 5.75 Å². The van der Waals surface area contributed by atoms with Gasteiger partial charge >= 0.3 is 0 Å². The van der Waals surface area contributed by atoms with Gasteiger partial charge in [-0.1, -0.05) is 13.8 Å². The number of halogens is 2. The van der Waals surface area contributed by atoms with Gasteiger partial charge in [0, 0.05) is 6.07 Å². The number of amides is 2. The molecule has 0 unspecified atom stereocenters. The van der Waals surface area contributed by atoms with Crippen LogP contribution < -0.4 is 21.1 Å². The molecule has 2 amide bonds. The average molecular weight is 348 g/mol. The van der Waals surface area contributed by atoms with Crippen molar-refractivity contribution in [2.24, 2.45) is 11.7 Å². The Hall–Kier alpha value is -1.86. The molecule has 4 N–H and O–H groups in total. The van der Waals surface area contributed by atoms with Crippen molar-refractivity contribution in [3.63, 3.8) is 0 Å². The van der Waals surface area contributed by atoms with Gasteiger partial charge < -0.3 is 21.1 Å². The van der Waals surface area contributed by atoms with E-state index in [9.17, 15) is 14.0 Å². The van der Waals surface area contributed by atoms with Gasteiger partial charge in [-0.15, -0.1) is 12.4 Å². The number of carbonyl (C=O) groups is 2. The third-order valence-electron chi connectivity index (χ3n) is 2.96. The van der Waals surface area contributed by atoms with Crippen LogP contribution in [0.15, 0.2) is 18.2 Å². The molecule has 0 aliphatic rings. The molecule has 0 heterocycles. The number of hydrogen-bond donors (Lipinski definition) is 3. The molecule has 0 saturated heterocycles. The van der Waals surface area contributed by atoms with Gasteiger partial charge in [0.25, 0.3) is 0 Å². The van der Waals surface area contributed by atoms with Crippen LogP contribution in [0.5, 0.6) is 5.75 Å². The highest BCUT2D eigenvalue weighted by Gasteiger charge is 2.18. The Morgan fingerprint density at radius 1 is 1.35 bits per heavy atom. The Kier molecular flexibility index (Phi) is 9.21. The first-order chi connectivity index (χ1) is 10.3. The summed E-state index contributed by atoms with van der Waals surface area (Å²) >= 11 is 0. The summed E-state index contributed by atoms with van der Waals surface area (Å²) < 4.78 is 18.4. The normalized spacial score (nSPS) is 11.4. The molecule has 1 rings (SSSR count). The lowest BCUT2D eigenvalue weighted by Crippen LogP contribution is -2.46. The summed E-state index contributed by atoms with van der Waals surface area (Å²) in [5.41, 5.74) is 6.02. The van der Waals surface area contributed by atoms with E-state index in [1.807, 2.05) is 13.8 Å². The van der Waals surface area contributed by atoms with Gasteiger partial charge in [0.2, 0.25) is 11.8 Å². The summed E-state index contributed by atoms with van der Waals surface area (Å²) in [7, 11) is 0. The van der Waals surface area contributed by atoms with Crippen LogP contribution in [-0.4, -0.2) is 31.0 Å². The van der Waals surface area contributed by atoms with Gasteiger partial charge in [-0.3, -0.25) is 9.59 Å². The summed E-state index contributed by atoms with van der Waals surface area (Å²) in [4.78, 5) is 23.5. The van der Waals surface area contributed by atoms with Crippen molar-refractivity contribution in [2.75, 3.05) is 18.5 Å². The number of nitrogens with one attached hydrogen (secondary N) is 2. The molecule has 0 radical (unpaired) electrons. The van der Waals surface area contributed by atoms with E-state index in [4.69, 9.17) is 10.5 Å². The first-order valence-electron chi connectivity index (χ1n) is 7.10. The molecule has 0 fully saturated rings. The number of anilines is 1. The van der Waals surface area contributed by atoms with E-state index in [0.29, 0.717) is 12.3 Å². The Bertz CT molecular complexity index is 541. The molecule has 1 aromatic carbocycles. The van der Waals surface area contributed by atoms with Gasteiger partial charge in [-0.2, -0.15) is 0 Å². The summed E-state index contributed by atoms with van der Waals surface area (Å²) in [5, 5.41) is 5.02. The predicted octanol–water partition coefficient (Wildman–Crippen LogP) is 1.68. The lowest BCUT2D eigenvalue weighted by Gasteiger charge is -2.15. The van der Waals surface area contributed by atoms with Gasteiger partial charge in [-0.05, 0) is 25.0 Å². The molecule has 1 aromatic rings. The monoisotopic (exact) mass is 347 g/mol. The third-order valence-corrected chi connectivity index (χ3v) is 2.96. The maximum absolute atomic E-state index is 13.2. The number of rotatable bonds is 7. The van der Waals surface area contributed by atoms with E-state index in [1.165, 1.54) is 18.2 Å². The lowest BCUT2D eigenvalue weighted by atomic mass is 10.1. The lowest BCUT2D eigenvalue weighted by molar-refractivity contribution is -0.125. The Labute approximate surface area is 141 Å². The molecule has 0 aliphatic heterocycles. The molecular formula is C15H23ClFN3O3. The number of benzene rings is 1. The molecule has 8 heteroatoms. The molecule has 130 valence electrons. The molecule has 0 spiro atoms. The zero-order valence-corrected chi connectivity index (χ0v) is 14.2. The van der Waals surface area contributed by atoms with Crippen LogP contribution >= 0.6 is 12.4 Å². The maximum atomic E-state index is 13.2. The topological polar surface area (TPSA) is 93.5 Å². The van der Waals surface area contributed by atoms with Gasteiger partial charge in [0.15, 0.2) is 0 Å². The zero-order chi connectivity index (χ0) is 16.7. The van der Waals surface area contributed by atoms with Crippen LogP contribution in [0, 0.1) is 11.7 Å². The second kappa shape index (κ2) is 10.0. The minimum absolute atomic E-state index is 0. The van der Waals surface area contributed by atoms with Gasteiger partial charge in [0.05, 0.1) is 24.9 Å². The second-order valence-electron chi connectivity index (χ2n) is 5.11. The molecule has 0 aliphatic carbocycles. The quantitative estimate of drug-likeness (QED) is 0.699. The van der Waals surface area contributed by atoms with Crippen molar-refractivity contribution in [1.29, 1.82) is 0 Å². The molecular weight excluding hydrogens is 325 g/mol. The standard InChI is InChI=1S/C15H22FN3O3.ClH/c1-4-22-12-7-10(16)5-6-11(12)19-13(20)8-18-15(21)14(17)9(2)3;/h5-7,9,14H,4,8,17H2,1-3H3,(H,18,21)(H,19,20);1H/t14-;/m0./s1. The fourth-order valence-electron chi connectivity index (χ4n) is 1.66. The van der Waals surface area contributed by atoms with Crippen molar-refractivity contribution < 1.29 is 18.7 Å². The fourth-order valence-corrected chi connectivity index (χ4v) is 1.66. The van der Waals surface area contributed by atoms with E-state index < -0.39 is 23.7 Å². The molecule has 0 saturated carbocycles. The van der Waals surface area contributed by atoms with E-state index in [1.54, 1.807) is 6.92 Å². The molecule has 6 nitrogen and oxygen atoms in total. The van der Waals surface area contributed by atoms with Crippen LogP contribution in [0.4, 0.5) is 10.1 Å². The maximum Gasteiger partial charge on any atom is 0.243 e. The largest absolute Gasteiger partial charge is 0.492 e. The van der Waals surface area contributed by atoms with E-state index in [-0.39, 0.29) is 30.6 Å². The molecule has 0 bridgehead atoms. The highest BCUT2D eigenvalue weighted by Crippen LogP contribution is 2.25. The molecule has 0 aromatic heterocycles. The minimum atomic E-state index is -0.669. The summed E-state index contributed by atoms with van der Waals surface area (Å²) in [6, 6.07) is 3.13. The Balaban J connectivity index is 0.00000484. The molecule has 23 heavy (non-hydrogen) atoms. The third kappa shape index (κ3) is 6.83. The summed E-state index contributed by atoms with van der Waals surface area (Å²) in [6.45, 7) is 5.51. The summed E-state index contributed by atoms with van der Waals surface area (Å²) in [6.07, 6.45) is 0. The SMILES string of the molecule is CCOc1cc(F)ccc1NC(=O)CNC(=O)[C@@H](N)C(C)C.Cl. The fraction of sp³-hybridized carbons (Fsp3) is 0.467. The van der Waals surface area contributed by atoms with E-state index >= 15 is 0 Å². The van der Waals surface area contributed by atoms with Crippen LogP contribution in [0.25, 0.3) is 0 Å². The molecule has 1 atom stereocenters. The van der Waals surface area contributed by atoms with E-state index in [0.717, 1.165) is 0 Å². The van der Waals surface area contributed by atoms with Gasteiger partial charge in [0.1, 0.15) is 11.6 Å². The van der Waals surface area contributed by atoms with Gasteiger partial charge in [-0.25, -0.2) is 4.39 Å². The van der Waals surface area contributed by atoms with Crippen LogP contribution in [0.2, 0.25) is 0 Å². The summed E-state index contributed by atoms with van der Waals surface area (Å²) in [5.74, 6) is -1.09. The van der Waals surface area contributed by atoms with Crippen LogP contribution in [0.1, 0.15) is 20.8 Å². The Morgan fingerprint density at radius 2 is 2.00 bits per heavy atom. The average Bonchev–Trinajstić information content (AvgIpc) is 2.47. The number of carbonyl (C=O) groups excluding carboxylic acids is 2. The number of nitrogens with two attached hydrogens (primary N) is 1. The van der Waals surface area contributed by atoms with E-state index in [2.05, 4.69) is 10.6 Å². The smallest absolute Gasteiger partial charge is 0.243 e. The van der Waals surface area contributed by atoms with Crippen LogP contribution in [0.3, 0.4) is 0 Å². The van der Waals surface area contributed by atoms with Crippen molar-refractivity contribution >= 4 is 29.9 Å². The predicted molar refractivity (Wildman–Crippen MR) is 89.3 cm³/mol. The first-order valence-corrected chi connectivity index (χ1v) is 7.10. The zero-order valence-electron chi connectivity index (χ0n) is 13.4. The Morgan fingerprint density at radius 3 is 2.57 bits per heavy atom. The minimum Gasteiger partial charge on any atom is -0.492 e. The van der Waals surface area contributed by atoms with Crippen molar-refractivity contribution in [1.82, 2.24) is 5.32 Å². The second-order valence-corrected chi connectivity index (χ2v) is 5.11. The number of hydrogen-bond acceptors (Lipinski definition) is 4. The van der Waals surface area contributed by atoms with Crippen molar-refractivity contribution in [2.45, 2.75) is 26.8 Å². The first kappa shape index (κ1) is 21.1. The van der Waals surface area contributed by atoms with Crippen molar-refractivity contribution in [3.05, 3.63) is 24.0 Å². The highest BCUT2D eigenvalue weighted by atomic mass is 35.5.